The Hall–Kier alpha value is -0.650. The molecule has 0 aromatic heterocycles. The highest BCUT2D eigenvalue weighted by Crippen LogP contribution is 2.10. The zero-order chi connectivity index (χ0) is 17.2. The molecule has 0 radical (unpaired) electrons. The van der Waals surface area contributed by atoms with Crippen molar-refractivity contribution in [3.63, 3.8) is 0 Å². The van der Waals surface area contributed by atoms with Crippen LogP contribution in [0, 0.1) is 0 Å². The molecule has 0 bridgehead atoms. The fraction of sp³-hybridized carbons (Fsp3) is 0.944. The van der Waals surface area contributed by atoms with Gasteiger partial charge in [-0.2, -0.15) is 0 Å². The molecule has 0 rings (SSSR count). The van der Waals surface area contributed by atoms with Gasteiger partial charge in [0.2, 0.25) is 0 Å². The second kappa shape index (κ2) is 17.7. The average molecular weight is 330 g/mol. The van der Waals surface area contributed by atoms with E-state index in [1.54, 1.807) is 0 Å². The summed E-state index contributed by atoms with van der Waals surface area (Å²) >= 11 is 0. The molecule has 0 unspecified atom stereocenters. The minimum Gasteiger partial charge on any atom is -0.480 e. The lowest BCUT2D eigenvalue weighted by molar-refractivity contribution is -0.138. The number of hydrogen-bond acceptors (Lipinski definition) is 4. The van der Waals surface area contributed by atoms with Gasteiger partial charge in [0.1, 0.15) is 0 Å². The topological polar surface area (TPSA) is 78.6 Å². The van der Waals surface area contributed by atoms with Crippen LogP contribution in [-0.2, 0) is 4.79 Å². The van der Waals surface area contributed by atoms with Crippen molar-refractivity contribution in [3.05, 3.63) is 0 Å². The summed E-state index contributed by atoms with van der Waals surface area (Å²) < 4.78 is 0. The van der Waals surface area contributed by atoms with Gasteiger partial charge in [0.25, 0.3) is 0 Å². The van der Waals surface area contributed by atoms with Crippen molar-refractivity contribution in [2.45, 2.75) is 71.1 Å². The highest BCUT2D eigenvalue weighted by atomic mass is 16.4. The van der Waals surface area contributed by atoms with Gasteiger partial charge < -0.3 is 16.2 Å². The van der Waals surface area contributed by atoms with E-state index in [-0.39, 0.29) is 6.54 Å². The first kappa shape index (κ1) is 22.4. The molecule has 0 aliphatic heterocycles. The van der Waals surface area contributed by atoms with Crippen molar-refractivity contribution in [1.82, 2.24) is 10.2 Å². The number of nitrogens with two attached hydrogens (primary N) is 1. The summed E-state index contributed by atoms with van der Waals surface area (Å²) in [6, 6.07) is 0. The molecule has 5 heteroatoms. The number of unbranched alkanes of at least 4 members (excludes halogenated alkanes) is 9. The maximum absolute atomic E-state index is 10.9. The maximum Gasteiger partial charge on any atom is 0.317 e. The van der Waals surface area contributed by atoms with E-state index < -0.39 is 5.97 Å². The molecule has 0 heterocycles. The molecule has 0 saturated heterocycles. The van der Waals surface area contributed by atoms with E-state index in [1.807, 2.05) is 4.90 Å². The summed E-state index contributed by atoms with van der Waals surface area (Å²) in [6.07, 6.45) is 13.1. The van der Waals surface area contributed by atoms with Crippen molar-refractivity contribution in [1.29, 1.82) is 0 Å². The summed E-state index contributed by atoms with van der Waals surface area (Å²) in [6.45, 7) is 6.28. The van der Waals surface area contributed by atoms with E-state index >= 15 is 0 Å². The van der Waals surface area contributed by atoms with Crippen molar-refractivity contribution >= 4 is 5.97 Å². The second-order valence-electron chi connectivity index (χ2n) is 6.39. The fourth-order valence-electron chi connectivity index (χ4n) is 2.75. The number of nitrogens with one attached hydrogen (secondary N) is 1. The standard InChI is InChI=1S/C18H39N3O2/c1-2-3-4-5-6-7-8-9-10-11-15-21(17-18(22)23)16-14-20-13-12-19/h20H,2-17,19H2,1H3,(H,22,23). The Bertz CT molecular complexity index is 263. The van der Waals surface area contributed by atoms with Crippen molar-refractivity contribution in [3.8, 4) is 0 Å². The van der Waals surface area contributed by atoms with Gasteiger partial charge in [-0.05, 0) is 13.0 Å². The highest BCUT2D eigenvalue weighted by molar-refractivity contribution is 5.69. The van der Waals surface area contributed by atoms with E-state index in [9.17, 15) is 4.79 Å². The number of carbonyl (C=O) groups is 1. The fourth-order valence-corrected chi connectivity index (χ4v) is 2.75. The van der Waals surface area contributed by atoms with Gasteiger partial charge in [0.15, 0.2) is 0 Å². The quantitative estimate of drug-likeness (QED) is 0.337. The molecule has 0 amide bonds. The zero-order valence-corrected chi connectivity index (χ0v) is 15.2. The van der Waals surface area contributed by atoms with Crippen LogP contribution in [0.2, 0.25) is 0 Å². The minimum absolute atomic E-state index is 0.141. The molecule has 4 N–H and O–H groups in total. The molecule has 0 aliphatic rings. The van der Waals surface area contributed by atoms with E-state index in [2.05, 4.69) is 12.2 Å². The summed E-state index contributed by atoms with van der Waals surface area (Å²) in [5, 5.41) is 12.2. The van der Waals surface area contributed by atoms with Crippen LogP contribution in [0.4, 0.5) is 0 Å². The second-order valence-corrected chi connectivity index (χ2v) is 6.39. The van der Waals surface area contributed by atoms with Crippen LogP contribution in [0.1, 0.15) is 71.1 Å². The summed E-state index contributed by atoms with van der Waals surface area (Å²) in [5.41, 5.74) is 5.43. The van der Waals surface area contributed by atoms with E-state index in [4.69, 9.17) is 10.8 Å². The van der Waals surface area contributed by atoms with Crippen LogP contribution in [0.5, 0.6) is 0 Å². The molecule has 0 aliphatic carbocycles. The Balaban J connectivity index is 3.52. The third-order valence-electron chi connectivity index (χ3n) is 4.11. The summed E-state index contributed by atoms with van der Waals surface area (Å²) in [7, 11) is 0. The lowest BCUT2D eigenvalue weighted by atomic mass is 10.1. The summed E-state index contributed by atoms with van der Waals surface area (Å²) in [5.74, 6) is -0.740. The van der Waals surface area contributed by atoms with E-state index in [0.717, 1.165) is 32.6 Å². The third-order valence-corrected chi connectivity index (χ3v) is 4.11. The number of carboxylic acids is 1. The molecule has 0 atom stereocenters. The number of aliphatic carboxylic acids is 1. The van der Waals surface area contributed by atoms with E-state index in [0.29, 0.717) is 6.54 Å². The largest absolute Gasteiger partial charge is 0.480 e. The number of rotatable bonds is 18. The van der Waals surface area contributed by atoms with Gasteiger partial charge in [-0.15, -0.1) is 0 Å². The van der Waals surface area contributed by atoms with Gasteiger partial charge in [-0.1, -0.05) is 64.7 Å². The molecular weight excluding hydrogens is 290 g/mol. The predicted molar refractivity (Wildman–Crippen MR) is 97.8 cm³/mol. The van der Waals surface area contributed by atoms with Gasteiger partial charge in [0, 0.05) is 26.2 Å². The first-order valence-corrected chi connectivity index (χ1v) is 9.55. The van der Waals surface area contributed by atoms with Crippen LogP contribution >= 0.6 is 0 Å². The van der Waals surface area contributed by atoms with Crippen LogP contribution in [-0.4, -0.2) is 55.2 Å². The molecule has 0 aromatic rings. The Kier molecular flexibility index (Phi) is 17.2. The molecule has 0 fully saturated rings. The minimum atomic E-state index is -0.740. The lowest BCUT2D eigenvalue weighted by Crippen LogP contribution is -2.37. The molecule has 5 nitrogen and oxygen atoms in total. The third kappa shape index (κ3) is 17.5. The molecule has 0 aromatic carbocycles. The Morgan fingerprint density at radius 3 is 2.00 bits per heavy atom. The normalized spacial score (nSPS) is 11.3. The SMILES string of the molecule is CCCCCCCCCCCCN(CCNCCN)CC(=O)O. The lowest BCUT2D eigenvalue weighted by Gasteiger charge is -2.20. The predicted octanol–water partition coefficient (Wildman–Crippen LogP) is 2.84. The summed E-state index contributed by atoms with van der Waals surface area (Å²) in [4.78, 5) is 12.9. The van der Waals surface area contributed by atoms with Crippen molar-refractivity contribution in [2.24, 2.45) is 5.73 Å². The van der Waals surface area contributed by atoms with Crippen LogP contribution in [0.15, 0.2) is 0 Å². The highest BCUT2D eigenvalue weighted by Gasteiger charge is 2.08. The number of carboxylic acid groups (broad SMARTS) is 1. The first-order valence-electron chi connectivity index (χ1n) is 9.55. The van der Waals surface area contributed by atoms with Crippen molar-refractivity contribution in [2.75, 3.05) is 39.3 Å². The molecule has 0 saturated carbocycles. The molecule has 138 valence electrons. The van der Waals surface area contributed by atoms with Gasteiger partial charge >= 0.3 is 5.97 Å². The maximum atomic E-state index is 10.9. The van der Waals surface area contributed by atoms with E-state index in [1.165, 1.54) is 57.8 Å². The first-order chi connectivity index (χ1) is 11.2. The Morgan fingerprint density at radius 2 is 1.48 bits per heavy atom. The molecule has 23 heavy (non-hydrogen) atoms. The van der Waals surface area contributed by atoms with Gasteiger partial charge in [-0.25, -0.2) is 0 Å². The monoisotopic (exact) mass is 329 g/mol. The average Bonchev–Trinajstić information content (AvgIpc) is 2.52. The number of nitrogens with zero attached hydrogens (tertiary/aromatic N) is 1. The van der Waals surface area contributed by atoms with Gasteiger partial charge in [-0.3, -0.25) is 9.69 Å². The zero-order valence-electron chi connectivity index (χ0n) is 15.2. The van der Waals surface area contributed by atoms with Crippen LogP contribution in [0.25, 0.3) is 0 Å². The molecule has 0 spiro atoms. The smallest absolute Gasteiger partial charge is 0.317 e. The Labute approximate surface area is 143 Å². The van der Waals surface area contributed by atoms with Crippen LogP contribution in [0.3, 0.4) is 0 Å². The number of hydrogen-bond donors (Lipinski definition) is 3. The van der Waals surface area contributed by atoms with Crippen molar-refractivity contribution < 1.29 is 9.90 Å². The van der Waals surface area contributed by atoms with Gasteiger partial charge in [0.05, 0.1) is 6.54 Å². The Morgan fingerprint density at radius 1 is 0.913 bits per heavy atom. The molecular formula is C18H39N3O2. The van der Waals surface area contributed by atoms with Crippen LogP contribution < -0.4 is 11.1 Å².